The molecular weight excluding hydrogens is 372 g/mol. The van der Waals surface area contributed by atoms with Crippen LogP contribution in [0.5, 0.6) is 5.75 Å². The van der Waals surface area contributed by atoms with Gasteiger partial charge in [-0.05, 0) is 37.5 Å². The number of thiophene rings is 1. The first-order valence-corrected chi connectivity index (χ1v) is 10.4. The Kier molecular flexibility index (Phi) is 5.43. The Labute approximate surface area is 168 Å². The molecule has 4 rings (SSSR count). The Balaban J connectivity index is 1.53. The molecule has 2 aromatic heterocycles. The molecule has 7 heteroatoms. The number of carbonyl (C=O) groups is 1. The van der Waals surface area contributed by atoms with Crippen molar-refractivity contribution in [3.63, 3.8) is 0 Å². The zero-order chi connectivity index (χ0) is 19.5. The number of ether oxygens (including phenoxy) is 1. The number of anilines is 2. The average molecular weight is 397 g/mol. The van der Waals surface area contributed by atoms with Crippen LogP contribution in [0.1, 0.15) is 24.6 Å². The summed E-state index contributed by atoms with van der Waals surface area (Å²) in [6.07, 6.45) is 4.45. The van der Waals surface area contributed by atoms with Crippen LogP contribution in [-0.2, 0) is 11.2 Å². The van der Waals surface area contributed by atoms with Crippen LogP contribution in [-0.4, -0.2) is 36.1 Å². The monoisotopic (exact) mass is 396 g/mol. The first-order valence-electron chi connectivity index (χ1n) is 9.61. The smallest absolute Gasteiger partial charge is 0.229 e. The molecule has 0 spiro atoms. The maximum Gasteiger partial charge on any atom is 0.229 e. The van der Waals surface area contributed by atoms with Crippen LogP contribution in [0.15, 0.2) is 36.7 Å². The van der Waals surface area contributed by atoms with Crippen molar-refractivity contribution < 1.29 is 9.53 Å². The largest absolute Gasteiger partial charge is 0.495 e. The van der Waals surface area contributed by atoms with Crippen molar-refractivity contribution in [1.82, 2.24) is 9.97 Å². The number of fused-ring (bicyclic) bond motifs is 1. The highest BCUT2D eigenvalue weighted by Gasteiger charge is 2.28. The number of amides is 1. The van der Waals surface area contributed by atoms with E-state index >= 15 is 0 Å². The molecule has 146 valence electrons. The molecule has 1 unspecified atom stereocenters. The van der Waals surface area contributed by atoms with Crippen molar-refractivity contribution in [2.24, 2.45) is 5.92 Å². The van der Waals surface area contributed by atoms with Gasteiger partial charge in [0.25, 0.3) is 0 Å². The number of aryl methyl sites for hydroxylation is 1. The Bertz CT molecular complexity index is 987. The van der Waals surface area contributed by atoms with Gasteiger partial charge in [-0.1, -0.05) is 19.1 Å². The summed E-state index contributed by atoms with van der Waals surface area (Å²) in [5.41, 5.74) is 0.710. The van der Waals surface area contributed by atoms with Crippen LogP contribution in [0.25, 0.3) is 10.2 Å². The summed E-state index contributed by atoms with van der Waals surface area (Å²) in [5, 5.41) is 4.13. The van der Waals surface area contributed by atoms with Gasteiger partial charge in [-0.2, -0.15) is 0 Å². The first kappa shape index (κ1) is 18.7. The molecule has 0 radical (unpaired) electrons. The predicted molar refractivity (Wildman–Crippen MR) is 113 cm³/mol. The fourth-order valence-corrected chi connectivity index (χ4v) is 4.61. The van der Waals surface area contributed by atoms with Gasteiger partial charge in [-0.25, -0.2) is 9.97 Å². The molecule has 1 N–H and O–H groups in total. The minimum atomic E-state index is -0.0899. The standard InChI is InChI=1S/C21H24N4O2S/c1-3-15-11-16-19(22-13-23-21(16)28-15)25-10-6-7-14(12-25)20(26)24-17-8-4-5-9-18(17)27-2/h4-5,8-9,11,13-14H,3,6-7,10,12H2,1-2H3,(H,24,26). The zero-order valence-electron chi connectivity index (χ0n) is 16.1. The Morgan fingerprint density at radius 1 is 1.36 bits per heavy atom. The lowest BCUT2D eigenvalue weighted by Crippen LogP contribution is -2.41. The minimum Gasteiger partial charge on any atom is -0.495 e. The van der Waals surface area contributed by atoms with Crippen LogP contribution in [0.2, 0.25) is 0 Å². The highest BCUT2D eigenvalue weighted by molar-refractivity contribution is 7.18. The molecule has 1 atom stereocenters. The molecular formula is C21H24N4O2S. The lowest BCUT2D eigenvalue weighted by atomic mass is 9.96. The zero-order valence-corrected chi connectivity index (χ0v) is 17.0. The second kappa shape index (κ2) is 8.14. The molecule has 1 amide bonds. The molecule has 3 heterocycles. The van der Waals surface area contributed by atoms with Gasteiger partial charge in [0.15, 0.2) is 0 Å². The van der Waals surface area contributed by atoms with E-state index in [1.54, 1.807) is 24.8 Å². The van der Waals surface area contributed by atoms with Crippen molar-refractivity contribution >= 4 is 39.0 Å². The first-order chi connectivity index (χ1) is 13.7. The molecule has 6 nitrogen and oxygen atoms in total. The average Bonchev–Trinajstić information content (AvgIpc) is 3.17. The Hall–Kier alpha value is -2.67. The Morgan fingerprint density at radius 2 is 2.21 bits per heavy atom. The van der Waals surface area contributed by atoms with Crippen LogP contribution < -0.4 is 15.0 Å². The van der Waals surface area contributed by atoms with E-state index in [0.717, 1.165) is 41.8 Å². The number of nitrogens with one attached hydrogen (secondary N) is 1. The molecule has 1 aliphatic rings. The van der Waals surface area contributed by atoms with Crippen LogP contribution in [0.4, 0.5) is 11.5 Å². The van der Waals surface area contributed by atoms with Crippen molar-refractivity contribution in [3.8, 4) is 5.75 Å². The van der Waals surface area contributed by atoms with Crippen LogP contribution >= 0.6 is 11.3 Å². The number of aromatic nitrogens is 2. The van der Waals surface area contributed by atoms with E-state index in [1.807, 2.05) is 24.3 Å². The van der Waals surface area contributed by atoms with Crippen molar-refractivity contribution in [2.75, 3.05) is 30.4 Å². The van der Waals surface area contributed by atoms with Gasteiger partial charge in [0, 0.05) is 18.0 Å². The van der Waals surface area contributed by atoms with Crippen molar-refractivity contribution in [3.05, 3.63) is 41.5 Å². The van der Waals surface area contributed by atoms with E-state index < -0.39 is 0 Å². The molecule has 3 aromatic rings. The molecule has 0 bridgehead atoms. The number of hydrogen-bond acceptors (Lipinski definition) is 6. The van der Waals surface area contributed by atoms with Gasteiger partial charge in [0.2, 0.25) is 5.91 Å². The quantitative estimate of drug-likeness (QED) is 0.703. The van der Waals surface area contributed by atoms with Gasteiger partial charge >= 0.3 is 0 Å². The van der Waals surface area contributed by atoms with Gasteiger partial charge in [-0.3, -0.25) is 4.79 Å². The molecule has 1 fully saturated rings. The van der Waals surface area contributed by atoms with E-state index in [4.69, 9.17) is 4.74 Å². The lowest BCUT2D eigenvalue weighted by Gasteiger charge is -2.33. The molecule has 0 saturated carbocycles. The predicted octanol–water partition coefficient (Wildman–Crippen LogP) is 4.12. The SMILES string of the molecule is CCc1cc2c(N3CCCC(C(=O)Nc4ccccc4OC)C3)ncnc2s1. The van der Waals surface area contributed by atoms with Crippen LogP contribution in [0.3, 0.4) is 0 Å². The summed E-state index contributed by atoms with van der Waals surface area (Å²) in [6, 6.07) is 9.69. The number of methoxy groups -OCH3 is 1. The molecule has 28 heavy (non-hydrogen) atoms. The summed E-state index contributed by atoms with van der Waals surface area (Å²) in [4.78, 5) is 26.4. The number of para-hydroxylation sites is 2. The van der Waals surface area contributed by atoms with Gasteiger partial charge in [-0.15, -0.1) is 11.3 Å². The molecule has 1 aliphatic heterocycles. The third kappa shape index (κ3) is 3.67. The third-order valence-corrected chi connectivity index (χ3v) is 6.35. The fraction of sp³-hybridized carbons (Fsp3) is 0.381. The highest BCUT2D eigenvalue weighted by Crippen LogP contribution is 2.33. The second-order valence-corrected chi connectivity index (χ2v) is 8.07. The van der Waals surface area contributed by atoms with E-state index in [9.17, 15) is 4.79 Å². The molecule has 1 aromatic carbocycles. The molecule has 0 aliphatic carbocycles. The van der Waals surface area contributed by atoms with E-state index in [-0.39, 0.29) is 11.8 Å². The summed E-state index contributed by atoms with van der Waals surface area (Å²) in [5.74, 6) is 1.55. The van der Waals surface area contributed by atoms with Gasteiger partial charge in [0.05, 0.1) is 24.1 Å². The van der Waals surface area contributed by atoms with E-state index in [2.05, 4.69) is 33.2 Å². The van der Waals surface area contributed by atoms with E-state index in [1.165, 1.54) is 4.88 Å². The lowest BCUT2D eigenvalue weighted by molar-refractivity contribution is -0.120. The van der Waals surface area contributed by atoms with Crippen LogP contribution in [0, 0.1) is 5.92 Å². The number of piperidine rings is 1. The van der Waals surface area contributed by atoms with Crippen molar-refractivity contribution in [1.29, 1.82) is 0 Å². The van der Waals surface area contributed by atoms with E-state index in [0.29, 0.717) is 18.0 Å². The number of nitrogens with zero attached hydrogens (tertiary/aromatic N) is 3. The second-order valence-electron chi connectivity index (χ2n) is 6.96. The Morgan fingerprint density at radius 3 is 3.04 bits per heavy atom. The van der Waals surface area contributed by atoms with Gasteiger partial charge in [0.1, 0.15) is 22.7 Å². The number of benzene rings is 1. The maximum atomic E-state index is 12.9. The number of carbonyl (C=O) groups excluding carboxylic acids is 1. The third-order valence-electron chi connectivity index (χ3n) is 5.16. The summed E-state index contributed by atoms with van der Waals surface area (Å²) in [6.45, 7) is 3.71. The minimum absolute atomic E-state index is 0.0269. The van der Waals surface area contributed by atoms with Crippen molar-refractivity contribution in [2.45, 2.75) is 26.2 Å². The number of rotatable bonds is 5. The maximum absolute atomic E-state index is 12.9. The summed E-state index contributed by atoms with van der Waals surface area (Å²) < 4.78 is 5.34. The fourth-order valence-electron chi connectivity index (χ4n) is 3.69. The molecule has 1 saturated heterocycles. The summed E-state index contributed by atoms with van der Waals surface area (Å²) in [7, 11) is 1.61. The number of hydrogen-bond donors (Lipinski definition) is 1. The normalized spacial score (nSPS) is 16.9. The highest BCUT2D eigenvalue weighted by atomic mass is 32.1. The van der Waals surface area contributed by atoms with Gasteiger partial charge < -0.3 is 15.0 Å². The topological polar surface area (TPSA) is 67.4 Å². The summed E-state index contributed by atoms with van der Waals surface area (Å²) >= 11 is 1.72.